The Labute approximate surface area is 237 Å². The first-order valence-electron chi connectivity index (χ1n) is 13.6. The fourth-order valence-electron chi connectivity index (χ4n) is 4.63. The number of ether oxygens (including phenoxy) is 1. The van der Waals surface area contributed by atoms with Crippen LogP contribution in [-0.2, 0) is 22.1 Å². The van der Waals surface area contributed by atoms with Crippen LogP contribution in [0.1, 0.15) is 58.8 Å². The second-order valence-corrected chi connectivity index (χ2v) is 17.8. The minimum atomic E-state index is -1.74. The first-order chi connectivity index (χ1) is 17.5. The van der Waals surface area contributed by atoms with Crippen LogP contribution < -0.4 is 10.2 Å². The highest BCUT2D eigenvalue weighted by Gasteiger charge is 2.25. The van der Waals surface area contributed by atoms with Crippen molar-refractivity contribution in [3.8, 4) is 0 Å². The van der Waals surface area contributed by atoms with E-state index in [1.54, 1.807) is 0 Å². The van der Waals surface area contributed by atoms with E-state index < -0.39 is 8.32 Å². The second-order valence-electron chi connectivity index (χ2n) is 11.8. The fourth-order valence-corrected chi connectivity index (χ4v) is 6.31. The van der Waals surface area contributed by atoms with Gasteiger partial charge in [-0.3, -0.25) is 0 Å². The Hall–Kier alpha value is -1.27. The summed E-state index contributed by atoms with van der Waals surface area (Å²) in [6.07, 6.45) is 5.45. The van der Waals surface area contributed by atoms with E-state index in [1.807, 2.05) is 0 Å². The van der Waals surface area contributed by atoms with Crippen molar-refractivity contribution < 1.29 is 9.16 Å². The maximum atomic E-state index is 6.38. The molecule has 0 aromatic carbocycles. The van der Waals surface area contributed by atoms with Crippen LogP contribution in [0.25, 0.3) is 5.65 Å². The molecule has 9 heteroatoms. The number of imidazole rings is 1. The molecule has 2 aromatic rings. The summed E-state index contributed by atoms with van der Waals surface area (Å²) >= 11 is 2.42. The van der Waals surface area contributed by atoms with Gasteiger partial charge in [0.2, 0.25) is 0 Å². The highest BCUT2D eigenvalue weighted by molar-refractivity contribution is 14.1. The van der Waals surface area contributed by atoms with Gasteiger partial charge >= 0.3 is 0 Å². The number of nitrogens with one attached hydrogen (secondary N) is 1. The third kappa shape index (κ3) is 6.66. The smallest absolute Gasteiger partial charge is 0.167 e. The lowest BCUT2D eigenvalue weighted by atomic mass is 9.90. The molecule has 0 radical (unpaired) electrons. The maximum absolute atomic E-state index is 6.38. The molecular formula is C28H44IN5O2Si-. The van der Waals surface area contributed by atoms with E-state index in [2.05, 4.69) is 97.2 Å². The van der Waals surface area contributed by atoms with E-state index in [4.69, 9.17) is 19.2 Å². The van der Waals surface area contributed by atoms with Crippen molar-refractivity contribution in [3.05, 3.63) is 43.8 Å². The lowest BCUT2D eigenvalue weighted by Gasteiger charge is -2.48. The number of hydrogen-bond donors (Lipinski definition) is 1. The van der Waals surface area contributed by atoms with E-state index in [9.17, 15) is 0 Å². The van der Waals surface area contributed by atoms with Gasteiger partial charge in [-0.25, -0.2) is 9.50 Å². The molecule has 37 heavy (non-hydrogen) atoms. The predicted molar refractivity (Wildman–Crippen MR) is 163 cm³/mol. The second kappa shape index (κ2) is 11.9. The van der Waals surface area contributed by atoms with E-state index in [0.29, 0.717) is 6.54 Å². The Bertz CT molecular complexity index is 1180. The number of morpholine rings is 1. The summed E-state index contributed by atoms with van der Waals surface area (Å²) in [5, 5.41) is 8.97. The zero-order chi connectivity index (χ0) is 26.8. The molecule has 2 aliphatic rings. The molecule has 0 spiro atoms. The summed E-state index contributed by atoms with van der Waals surface area (Å²) in [5.74, 6) is 1.01. The standard InChI is InChI=1S/C28H44IN5O2Si/c1-20-9-8-10-22(21(20)2)17-25-24(19-30-11-14-36-37(6,7)28(3,4)5)31-27-23(29)18-26(32-34(25)27)33-12-15-35-16-13-33/h9,18,30H,8,10-17,19H2,1-7H3/q-1. The van der Waals surface area contributed by atoms with Crippen molar-refractivity contribution in [1.82, 2.24) is 19.9 Å². The molecule has 1 saturated heterocycles. The highest BCUT2D eigenvalue weighted by Crippen LogP contribution is 2.36. The number of anilines is 1. The molecule has 0 unspecified atom stereocenters. The van der Waals surface area contributed by atoms with E-state index in [0.717, 1.165) is 79.4 Å². The van der Waals surface area contributed by atoms with Crippen LogP contribution in [0.2, 0.25) is 18.1 Å². The molecule has 1 aliphatic carbocycles. The molecule has 0 amide bonds. The Balaban J connectivity index is 1.59. The van der Waals surface area contributed by atoms with Gasteiger partial charge in [0.1, 0.15) is 0 Å². The summed E-state index contributed by atoms with van der Waals surface area (Å²) in [6, 6.07) is 2.17. The van der Waals surface area contributed by atoms with E-state index >= 15 is 0 Å². The third-order valence-corrected chi connectivity index (χ3v) is 13.6. The summed E-state index contributed by atoms with van der Waals surface area (Å²) in [6.45, 7) is 21.4. The van der Waals surface area contributed by atoms with Crippen LogP contribution in [0.4, 0.5) is 5.82 Å². The van der Waals surface area contributed by atoms with Crippen molar-refractivity contribution in [3.63, 3.8) is 0 Å². The van der Waals surface area contributed by atoms with Crippen molar-refractivity contribution >= 4 is 42.4 Å². The molecule has 0 atom stereocenters. The number of halogens is 1. The molecule has 205 valence electrons. The van der Waals surface area contributed by atoms with Gasteiger partial charge in [0.15, 0.2) is 11.5 Å². The summed E-state index contributed by atoms with van der Waals surface area (Å²) in [7, 11) is -1.74. The number of rotatable bonds is 9. The van der Waals surface area contributed by atoms with Gasteiger partial charge in [-0.2, -0.15) is 0 Å². The van der Waals surface area contributed by atoms with Gasteiger partial charge in [0.05, 0.1) is 28.2 Å². The molecular weight excluding hydrogens is 593 g/mol. The SMILES string of the molecule is CC1=CCCC(Cc2c(CNCCO[Si-](C)(C)C(C)(C)C)nc3c(I)cc(N4CCOCC4)nn23)=C1C. The quantitative estimate of drug-likeness (QED) is 0.211. The molecule has 7 nitrogen and oxygen atoms in total. The van der Waals surface area contributed by atoms with Crippen LogP contribution in [-0.4, -0.2) is 62.4 Å². The molecule has 4 rings (SSSR count). The Morgan fingerprint density at radius 1 is 1.19 bits per heavy atom. The monoisotopic (exact) mass is 637 g/mol. The molecule has 1 N–H and O–H groups in total. The average molecular weight is 638 g/mol. The van der Waals surface area contributed by atoms with Crippen molar-refractivity contribution in [2.24, 2.45) is 0 Å². The van der Waals surface area contributed by atoms with Gasteiger partial charge < -0.3 is 19.4 Å². The third-order valence-electron chi connectivity index (χ3n) is 8.28. The van der Waals surface area contributed by atoms with Gasteiger partial charge in [-0.05, 0) is 69.2 Å². The molecule has 3 heterocycles. The molecule has 0 saturated carbocycles. The Morgan fingerprint density at radius 3 is 2.62 bits per heavy atom. The lowest BCUT2D eigenvalue weighted by molar-refractivity contribution is 0.122. The Kier molecular flexibility index (Phi) is 9.20. The topological polar surface area (TPSA) is 63.9 Å². The Morgan fingerprint density at radius 2 is 1.92 bits per heavy atom. The summed E-state index contributed by atoms with van der Waals surface area (Å²) in [4.78, 5) is 7.43. The fraction of sp³-hybridized carbons (Fsp3) is 0.643. The minimum absolute atomic E-state index is 0.223. The van der Waals surface area contributed by atoms with Crippen LogP contribution in [0.15, 0.2) is 28.9 Å². The van der Waals surface area contributed by atoms with Gasteiger partial charge in [-0.15, -0.1) is 23.2 Å². The molecule has 2 aromatic heterocycles. The number of fused-ring (bicyclic) bond motifs is 1. The normalized spacial score (nSPS) is 17.6. The molecule has 1 aliphatic heterocycles. The van der Waals surface area contributed by atoms with E-state index in [-0.39, 0.29) is 5.04 Å². The summed E-state index contributed by atoms with van der Waals surface area (Å²) in [5.41, 5.74) is 7.55. The average Bonchev–Trinajstić information content (AvgIpc) is 3.19. The van der Waals surface area contributed by atoms with Crippen LogP contribution in [0.3, 0.4) is 0 Å². The van der Waals surface area contributed by atoms with Crippen LogP contribution in [0.5, 0.6) is 0 Å². The van der Waals surface area contributed by atoms with E-state index in [1.165, 1.54) is 22.4 Å². The molecule has 0 bridgehead atoms. The minimum Gasteiger partial charge on any atom is -0.564 e. The summed E-state index contributed by atoms with van der Waals surface area (Å²) < 4.78 is 15.2. The largest absolute Gasteiger partial charge is 0.564 e. The number of allylic oxidation sites excluding steroid dienone is 4. The van der Waals surface area contributed by atoms with Gasteiger partial charge in [0.25, 0.3) is 0 Å². The zero-order valence-electron chi connectivity index (χ0n) is 23.7. The van der Waals surface area contributed by atoms with Crippen molar-refractivity contribution in [1.29, 1.82) is 0 Å². The zero-order valence-corrected chi connectivity index (χ0v) is 26.9. The number of nitrogens with zero attached hydrogens (tertiary/aromatic N) is 4. The van der Waals surface area contributed by atoms with Crippen LogP contribution >= 0.6 is 22.6 Å². The number of hydrogen-bond acceptors (Lipinski definition) is 6. The maximum Gasteiger partial charge on any atom is 0.167 e. The first-order valence-corrected chi connectivity index (χ1v) is 17.6. The van der Waals surface area contributed by atoms with Crippen molar-refractivity contribution in [2.45, 2.75) is 78.6 Å². The first kappa shape index (κ1) is 28.7. The highest BCUT2D eigenvalue weighted by atomic mass is 127. The van der Waals surface area contributed by atoms with Crippen molar-refractivity contribution in [2.75, 3.05) is 44.4 Å². The van der Waals surface area contributed by atoms with Gasteiger partial charge in [-0.1, -0.05) is 38.0 Å². The molecule has 1 fully saturated rings. The lowest BCUT2D eigenvalue weighted by Crippen LogP contribution is -2.42. The van der Waals surface area contributed by atoms with Gasteiger partial charge in [0, 0.05) is 39.2 Å². The number of aromatic nitrogens is 3. The van der Waals surface area contributed by atoms with Crippen LogP contribution in [0, 0.1) is 3.57 Å². The predicted octanol–water partition coefficient (Wildman–Crippen LogP) is 5.88.